The van der Waals surface area contributed by atoms with Gasteiger partial charge in [-0.2, -0.15) is 0 Å². The van der Waals surface area contributed by atoms with E-state index in [0.717, 1.165) is 14.3 Å². The molecule has 2 rings (SSSR count). The molecule has 0 saturated carbocycles. The second-order valence-electron chi connectivity index (χ2n) is 3.06. The van der Waals surface area contributed by atoms with Gasteiger partial charge in [0.15, 0.2) is 0 Å². The molecule has 14 heavy (non-hydrogen) atoms. The van der Waals surface area contributed by atoms with E-state index in [1.165, 1.54) is 0 Å². The van der Waals surface area contributed by atoms with Crippen LogP contribution in [0.25, 0.3) is 10.8 Å². The first-order chi connectivity index (χ1) is 6.70. The molecule has 0 atom stereocenters. The van der Waals surface area contributed by atoms with Gasteiger partial charge in [0.2, 0.25) is 0 Å². The van der Waals surface area contributed by atoms with Crippen molar-refractivity contribution < 1.29 is 10.0 Å². The number of benzene rings is 2. The van der Waals surface area contributed by atoms with Crippen LogP contribution < -0.4 is 5.46 Å². The molecule has 2 aromatic rings. The topological polar surface area (TPSA) is 40.5 Å². The summed E-state index contributed by atoms with van der Waals surface area (Å²) >= 11 is 2.19. The van der Waals surface area contributed by atoms with Crippen LogP contribution in [0.3, 0.4) is 0 Å². The number of fused-ring (bicyclic) bond motifs is 1. The molecule has 0 heterocycles. The fourth-order valence-corrected chi connectivity index (χ4v) is 2.37. The van der Waals surface area contributed by atoms with Crippen molar-refractivity contribution in [1.29, 1.82) is 0 Å². The molecule has 0 saturated heterocycles. The van der Waals surface area contributed by atoms with Gasteiger partial charge in [-0.15, -0.1) is 0 Å². The second kappa shape index (κ2) is 3.88. The van der Waals surface area contributed by atoms with E-state index in [1.54, 1.807) is 6.07 Å². The molecule has 0 spiro atoms. The van der Waals surface area contributed by atoms with Gasteiger partial charge in [-0.05, 0) is 44.9 Å². The van der Waals surface area contributed by atoms with Gasteiger partial charge < -0.3 is 10.0 Å². The lowest BCUT2D eigenvalue weighted by molar-refractivity contribution is 0.426. The summed E-state index contributed by atoms with van der Waals surface area (Å²) in [6.45, 7) is 0. The Balaban J connectivity index is 2.84. The molecule has 0 amide bonds. The van der Waals surface area contributed by atoms with Crippen molar-refractivity contribution in [2.24, 2.45) is 0 Å². The van der Waals surface area contributed by atoms with E-state index >= 15 is 0 Å². The van der Waals surface area contributed by atoms with E-state index < -0.39 is 7.12 Å². The minimum Gasteiger partial charge on any atom is -0.423 e. The van der Waals surface area contributed by atoms with Gasteiger partial charge in [0.05, 0.1) is 0 Å². The molecule has 2 nitrogen and oxygen atoms in total. The molecule has 0 aliphatic rings. The van der Waals surface area contributed by atoms with Gasteiger partial charge in [-0.3, -0.25) is 0 Å². The minimum atomic E-state index is -1.41. The Morgan fingerprint density at radius 3 is 2.29 bits per heavy atom. The van der Waals surface area contributed by atoms with Crippen LogP contribution in [-0.2, 0) is 0 Å². The van der Waals surface area contributed by atoms with Crippen molar-refractivity contribution >= 4 is 45.9 Å². The molecular formula is C10H8BIO2. The predicted octanol–water partition coefficient (Wildman–Crippen LogP) is 1.12. The Morgan fingerprint density at radius 1 is 1.00 bits per heavy atom. The summed E-state index contributed by atoms with van der Waals surface area (Å²) in [5.41, 5.74) is 0.563. The van der Waals surface area contributed by atoms with Crippen molar-refractivity contribution in [2.75, 3.05) is 0 Å². The zero-order chi connectivity index (χ0) is 10.1. The fraction of sp³-hybridized carbons (Fsp3) is 0. The van der Waals surface area contributed by atoms with Crippen molar-refractivity contribution in [3.8, 4) is 0 Å². The lowest BCUT2D eigenvalue weighted by atomic mass is 9.77. The number of hydrogen-bond acceptors (Lipinski definition) is 2. The fourth-order valence-electron chi connectivity index (χ4n) is 1.54. The third-order valence-electron chi connectivity index (χ3n) is 2.16. The van der Waals surface area contributed by atoms with Crippen LogP contribution in [0, 0.1) is 3.57 Å². The van der Waals surface area contributed by atoms with Crippen LogP contribution in [0.15, 0.2) is 36.4 Å². The van der Waals surface area contributed by atoms with E-state index in [1.807, 2.05) is 30.3 Å². The zero-order valence-electron chi connectivity index (χ0n) is 7.31. The smallest absolute Gasteiger partial charge is 0.423 e. The van der Waals surface area contributed by atoms with E-state index in [-0.39, 0.29) is 0 Å². The van der Waals surface area contributed by atoms with Gasteiger partial charge in [-0.1, -0.05) is 30.3 Å². The molecular weight excluding hydrogens is 290 g/mol. The van der Waals surface area contributed by atoms with Crippen LogP contribution >= 0.6 is 22.6 Å². The van der Waals surface area contributed by atoms with Crippen LogP contribution in [0.1, 0.15) is 0 Å². The monoisotopic (exact) mass is 298 g/mol. The Hall–Kier alpha value is -0.585. The Labute approximate surface area is 95.9 Å². The molecule has 2 N–H and O–H groups in total. The van der Waals surface area contributed by atoms with E-state index in [4.69, 9.17) is 0 Å². The first-order valence-corrected chi connectivity index (χ1v) is 5.31. The van der Waals surface area contributed by atoms with E-state index in [2.05, 4.69) is 22.6 Å². The molecule has 4 heteroatoms. The molecule has 0 fully saturated rings. The van der Waals surface area contributed by atoms with Crippen molar-refractivity contribution in [3.05, 3.63) is 40.0 Å². The quantitative estimate of drug-likeness (QED) is 0.612. The highest BCUT2D eigenvalue weighted by atomic mass is 127. The molecule has 2 aromatic carbocycles. The van der Waals surface area contributed by atoms with Crippen LogP contribution in [-0.4, -0.2) is 17.2 Å². The lowest BCUT2D eigenvalue weighted by Crippen LogP contribution is -2.30. The summed E-state index contributed by atoms with van der Waals surface area (Å²) in [5, 5.41) is 20.3. The second-order valence-corrected chi connectivity index (χ2v) is 4.22. The minimum absolute atomic E-state index is 0.563. The predicted molar refractivity (Wildman–Crippen MR) is 66.5 cm³/mol. The third kappa shape index (κ3) is 1.65. The standard InChI is InChI=1S/C10H8BIO2/c12-9-6-2-4-7-3-1-5-8(10(7)9)11(13)14/h1-6,13-14H. The van der Waals surface area contributed by atoms with Gasteiger partial charge >= 0.3 is 7.12 Å². The van der Waals surface area contributed by atoms with E-state index in [0.29, 0.717) is 5.46 Å². The van der Waals surface area contributed by atoms with Gasteiger partial charge in [0.1, 0.15) is 0 Å². The van der Waals surface area contributed by atoms with Crippen molar-refractivity contribution in [2.45, 2.75) is 0 Å². The van der Waals surface area contributed by atoms with Gasteiger partial charge in [0.25, 0.3) is 0 Å². The maximum absolute atomic E-state index is 9.20. The number of hydrogen-bond donors (Lipinski definition) is 2. The number of rotatable bonds is 1. The maximum atomic E-state index is 9.20. The normalized spacial score (nSPS) is 10.5. The lowest BCUT2D eigenvalue weighted by Gasteiger charge is -2.06. The SMILES string of the molecule is OB(O)c1cccc2cccc(I)c12. The zero-order valence-corrected chi connectivity index (χ0v) is 9.47. The molecule has 70 valence electrons. The largest absolute Gasteiger partial charge is 0.489 e. The summed E-state index contributed by atoms with van der Waals surface area (Å²) in [7, 11) is -1.41. The Bertz CT molecular complexity index is 465. The highest BCUT2D eigenvalue weighted by Gasteiger charge is 2.15. The maximum Gasteiger partial charge on any atom is 0.489 e. The van der Waals surface area contributed by atoms with Crippen molar-refractivity contribution in [1.82, 2.24) is 0 Å². The third-order valence-corrected chi connectivity index (χ3v) is 3.06. The first-order valence-electron chi connectivity index (χ1n) is 4.23. The molecule has 0 bridgehead atoms. The molecule has 0 aliphatic carbocycles. The molecule has 0 aromatic heterocycles. The average Bonchev–Trinajstić information content (AvgIpc) is 2.17. The van der Waals surface area contributed by atoms with Gasteiger partial charge in [0, 0.05) is 3.57 Å². The molecule has 0 radical (unpaired) electrons. The summed E-state index contributed by atoms with van der Waals surface area (Å²) in [5.74, 6) is 0. The summed E-state index contributed by atoms with van der Waals surface area (Å²) < 4.78 is 1.03. The Morgan fingerprint density at radius 2 is 1.64 bits per heavy atom. The van der Waals surface area contributed by atoms with Crippen LogP contribution in [0.2, 0.25) is 0 Å². The Kier molecular flexibility index (Phi) is 2.76. The van der Waals surface area contributed by atoms with E-state index in [9.17, 15) is 10.0 Å². The first kappa shape index (κ1) is 9.95. The highest BCUT2D eigenvalue weighted by molar-refractivity contribution is 14.1. The summed E-state index contributed by atoms with van der Waals surface area (Å²) in [6.07, 6.45) is 0. The van der Waals surface area contributed by atoms with Crippen molar-refractivity contribution in [3.63, 3.8) is 0 Å². The molecule has 0 unspecified atom stereocenters. The molecule has 0 aliphatic heterocycles. The summed E-state index contributed by atoms with van der Waals surface area (Å²) in [6, 6.07) is 11.4. The van der Waals surface area contributed by atoms with Gasteiger partial charge in [-0.25, -0.2) is 0 Å². The average molecular weight is 298 g/mol. The summed E-state index contributed by atoms with van der Waals surface area (Å²) in [4.78, 5) is 0. The van der Waals surface area contributed by atoms with Crippen LogP contribution in [0.4, 0.5) is 0 Å². The highest BCUT2D eigenvalue weighted by Crippen LogP contribution is 2.18. The number of halogens is 1. The van der Waals surface area contributed by atoms with Crippen LogP contribution in [0.5, 0.6) is 0 Å².